The molecule has 148 valence electrons. The minimum absolute atomic E-state index is 0.143. The van der Waals surface area contributed by atoms with E-state index in [1.165, 1.54) is 12.1 Å². The summed E-state index contributed by atoms with van der Waals surface area (Å²) >= 11 is 0. The van der Waals surface area contributed by atoms with Crippen LogP contribution >= 0.6 is 0 Å². The first kappa shape index (κ1) is 19.8. The Hall–Kier alpha value is -2.99. The number of nitrogens with zero attached hydrogens (tertiary/aromatic N) is 1. The first-order valence-electron chi connectivity index (χ1n) is 9.13. The molecule has 1 heterocycles. The molecule has 0 amide bonds. The molecule has 0 aliphatic heterocycles. The summed E-state index contributed by atoms with van der Waals surface area (Å²) < 4.78 is 16.2. The van der Waals surface area contributed by atoms with Gasteiger partial charge in [-0.2, -0.15) is 0 Å². The van der Waals surface area contributed by atoms with Gasteiger partial charge in [0.15, 0.2) is 11.5 Å². The van der Waals surface area contributed by atoms with Crippen molar-refractivity contribution in [3.05, 3.63) is 63.5 Å². The van der Waals surface area contributed by atoms with E-state index < -0.39 is 5.63 Å². The lowest BCUT2D eigenvalue weighted by Crippen LogP contribution is -2.19. The second-order valence-electron chi connectivity index (χ2n) is 6.75. The van der Waals surface area contributed by atoms with Crippen LogP contribution in [0.2, 0.25) is 0 Å². The number of para-hydroxylation sites is 1. The number of aromatic hydroxyl groups is 1. The Morgan fingerprint density at radius 2 is 1.79 bits per heavy atom. The summed E-state index contributed by atoms with van der Waals surface area (Å²) in [5.74, 6) is 1.53. The van der Waals surface area contributed by atoms with Crippen molar-refractivity contribution in [3.63, 3.8) is 0 Å². The van der Waals surface area contributed by atoms with Crippen LogP contribution in [-0.4, -0.2) is 31.3 Å². The molecule has 0 unspecified atom stereocenters. The van der Waals surface area contributed by atoms with Crippen molar-refractivity contribution in [1.29, 1.82) is 0 Å². The predicted octanol–water partition coefficient (Wildman–Crippen LogP) is 3.71. The highest BCUT2D eigenvalue weighted by molar-refractivity contribution is 5.82. The van der Waals surface area contributed by atoms with Crippen molar-refractivity contribution in [2.24, 2.45) is 0 Å². The maximum Gasteiger partial charge on any atom is 0.336 e. The molecule has 3 aromatic rings. The summed E-state index contributed by atoms with van der Waals surface area (Å²) in [5.41, 5.74) is 2.62. The first-order chi connectivity index (χ1) is 13.5. The number of phenols is 1. The Morgan fingerprint density at radius 1 is 1.04 bits per heavy atom. The van der Waals surface area contributed by atoms with Crippen molar-refractivity contribution >= 4 is 11.0 Å². The molecule has 0 aliphatic rings. The van der Waals surface area contributed by atoms with E-state index in [9.17, 15) is 9.90 Å². The maximum absolute atomic E-state index is 12.0. The van der Waals surface area contributed by atoms with E-state index in [-0.39, 0.29) is 5.75 Å². The molecular formula is C22H25NO5. The number of aryl methyl sites for hydroxylation is 1. The Labute approximate surface area is 163 Å². The summed E-state index contributed by atoms with van der Waals surface area (Å²) in [6.07, 6.45) is 0.692. The Kier molecular flexibility index (Phi) is 5.90. The molecule has 0 saturated heterocycles. The number of benzene rings is 2. The lowest BCUT2D eigenvalue weighted by atomic mass is 10.0. The summed E-state index contributed by atoms with van der Waals surface area (Å²) in [7, 11) is 5.21. The Morgan fingerprint density at radius 3 is 2.46 bits per heavy atom. The van der Waals surface area contributed by atoms with Crippen LogP contribution in [0.1, 0.15) is 23.6 Å². The topological polar surface area (TPSA) is 72.1 Å². The van der Waals surface area contributed by atoms with Crippen LogP contribution in [0.5, 0.6) is 17.2 Å². The van der Waals surface area contributed by atoms with E-state index in [2.05, 4.69) is 4.90 Å². The number of fused-ring (bicyclic) bond motifs is 1. The second kappa shape index (κ2) is 8.35. The van der Waals surface area contributed by atoms with Gasteiger partial charge in [0, 0.05) is 36.2 Å². The number of methoxy groups -OCH3 is 2. The number of ether oxygens (including phenoxy) is 2. The molecule has 0 atom stereocenters. The average Bonchev–Trinajstić information content (AvgIpc) is 2.67. The van der Waals surface area contributed by atoms with Gasteiger partial charge in [-0.15, -0.1) is 0 Å². The van der Waals surface area contributed by atoms with Gasteiger partial charge in [0.05, 0.1) is 14.2 Å². The molecule has 0 saturated carbocycles. The zero-order valence-electron chi connectivity index (χ0n) is 16.6. The van der Waals surface area contributed by atoms with E-state index in [1.54, 1.807) is 14.2 Å². The van der Waals surface area contributed by atoms with Gasteiger partial charge in [0.25, 0.3) is 0 Å². The highest BCUT2D eigenvalue weighted by Gasteiger charge is 2.14. The largest absolute Gasteiger partial charge is 0.508 e. The fraction of sp³-hybridized carbons (Fsp3) is 0.318. The Bertz CT molecular complexity index is 1040. The summed E-state index contributed by atoms with van der Waals surface area (Å²) in [6, 6.07) is 10.7. The van der Waals surface area contributed by atoms with Gasteiger partial charge in [0.2, 0.25) is 0 Å². The van der Waals surface area contributed by atoms with Gasteiger partial charge in [-0.25, -0.2) is 4.79 Å². The molecule has 0 bridgehead atoms. The van der Waals surface area contributed by atoms with Crippen LogP contribution in [0.4, 0.5) is 0 Å². The van der Waals surface area contributed by atoms with Crippen molar-refractivity contribution in [2.45, 2.75) is 26.4 Å². The van der Waals surface area contributed by atoms with Crippen molar-refractivity contribution in [3.8, 4) is 17.2 Å². The first-order valence-corrected chi connectivity index (χ1v) is 9.13. The van der Waals surface area contributed by atoms with Crippen molar-refractivity contribution in [2.75, 3.05) is 21.3 Å². The molecule has 1 N–H and O–H groups in total. The van der Waals surface area contributed by atoms with Crippen LogP contribution < -0.4 is 15.1 Å². The molecule has 3 rings (SSSR count). The molecule has 28 heavy (non-hydrogen) atoms. The Balaban J connectivity index is 1.93. The molecule has 0 spiro atoms. The SMILES string of the molecule is CCc1cc2c(CN(C)Cc3cccc(OC)c3OC)cc(=O)oc2cc1O. The fourth-order valence-corrected chi connectivity index (χ4v) is 3.44. The van der Waals surface area contributed by atoms with Gasteiger partial charge in [-0.3, -0.25) is 4.90 Å². The number of hydrogen-bond donors (Lipinski definition) is 1. The van der Waals surface area contributed by atoms with Gasteiger partial charge in [-0.1, -0.05) is 19.1 Å². The highest BCUT2D eigenvalue weighted by atomic mass is 16.5. The predicted molar refractivity (Wildman–Crippen MR) is 108 cm³/mol. The van der Waals surface area contributed by atoms with Crippen LogP contribution in [0.3, 0.4) is 0 Å². The fourth-order valence-electron chi connectivity index (χ4n) is 3.44. The monoisotopic (exact) mass is 383 g/mol. The smallest absolute Gasteiger partial charge is 0.336 e. The molecule has 0 radical (unpaired) electrons. The molecule has 0 fully saturated rings. The van der Waals surface area contributed by atoms with Crippen LogP contribution in [0, 0.1) is 0 Å². The molecule has 6 nitrogen and oxygen atoms in total. The average molecular weight is 383 g/mol. The molecule has 1 aromatic heterocycles. The van der Waals surface area contributed by atoms with Gasteiger partial charge in [-0.05, 0) is 36.7 Å². The minimum atomic E-state index is -0.432. The van der Waals surface area contributed by atoms with Crippen LogP contribution in [0.25, 0.3) is 11.0 Å². The molecule has 6 heteroatoms. The van der Waals surface area contributed by atoms with E-state index in [0.717, 1.165) is 22.1 Å². The van der Waals surface area contributed by atoms with E-state index >= 15 is 0 Å². The quantitative estimate of drug-likeness (QED) is 0.627. The number of phenolic OH excluding ortho intramolecular Hbond substituents is 1. The summed E-state index contributed by atoms with van der Waals surface area (Å²) in [5, 5.41) is 10.9. The zero-order chi connectivity index (χ0) is 20.3. The lowest BCUT2D eigenvalue weighted by Gasteiger charge is -2.20. The lowest BCUT2D eigenvalue weighted by molar-refractivity contribution is 0.303. The van der Waals surface area contributed by atoms with Crippen LogP contribution in [-0.2, 0) is 19.5 Å². The third kappa shape index (κ3) is 3.97. The van der Waals surface area contributed by atoms with E-state index in [4.69, 9.17) is 13.9 Å². The minimum Gasteiger partial charge on any atom is -0.508 e. The van der Waals surface area contributed by atoms with Gasteiger partial charge < -0.3 is 19.0 Å². The van der Waals surface area contributed by atoms with Crippen LogP contribution in [0.15, 0.2) is 45.6 Å². The van der Waals surface area contributed by atoms with Gasteiger partial charge >= 0.3 is 5.63 Å². The third-order valence-electron chi connectivity index (χ3n) is 4.78. The van der Waals surface area contributed by atoms with Crippen molar-refractivity contribution in [1.82, 2.24) is 4.90 Å². The number of rotatable bonds is 7. The molecular weight excluding hydrogens is 358 g/mol. The summed E-state index contributed by atoms with van der Waals surface area (Å²) in [6.45, 7) is 3.12. The number of hydrogen-bond acceptors (Lipinski definition) is 6. The van der Waals surface area contributed by atoms with Gasteiger partial charge in [0.1, 0.15) is 11.3 Å². The zero-order valence-corrected chi connectivity index (χ0v) is 16.6. The normalized spacial score (nSPS) is 11.2. The summed E-state index contributed by atoms with van der Waals surface area (Å²) in [4.78, 5) is 14.1. The third-order valence-corrected chi connectivity index (χ3v) is 4.78. The van der Waals surface area contributed by atoms with E-state index in [1.807, 2.05) is 38.2 Å². The second-order valence-corrected chi connectivity index (χ2v) is 6.75. The molecule has 2 aromatic carbocycles. The standard InChI is InChI=1S/C22H25NO5/c1-5-14-9-17-16(10-21(25)28-20(17)11-18(14)24)13-23(2)12-15-7-6-8-19(26-3)22(15)27-4/h6-11,24H,5,12-13H2,1-4H3. The van der Waals surface area contributed by atoms with E-state index in [0.29, 0.717) is 36.6 Å². The highest BCUT2D eigenvalue weighted by Crippen LogP contribution is 2.32. The molecule has 0 aliphatic carbocycles. The van der Waals surface area contributed by atoms with Crippen molar-refractivity contribution < 1.29 is 19.0 Å². The maximum atomic E-state index is 12.0.